The smallest absolute Gasteiger partial charge is 0.334 e. The fourth-order valence-electron chi connectivity index (χ4n) is 3.65. The fourth-order valence-corrected chi connectivity index (χ4v) is 3.65. The topological polar surface area (TPSA) is 46.5 Å². The lowest BCUT2D eigenvalue weighted by molar-refractivity contribution is -0.152. The van der Waals surface area contributed by atoms with Crippen LogP contribution in [-0.2, 0) is 9.53 Å². The van der Waals surface area contributed by atoms with Crippen molar-refractivity contribution in [2.75, 3.05) is 6.61 Å². The van der Waals surface area contributed by atoms with E-state index in [2.05, 4.69) is 6.92 Å². The molecule has 0 aromatic carbocycles. The fraction of sp³-hybridized carbons (Fsp3) is 0.960. The lowest BCUT2D eigenvalue weighted by Gasteiger charge is -2.06. The molecule has 0 rings (SSSR count). The Morgan fingerprint density at radius 1 is 0.607 bits per heavy atom. The van der Waals surface area contributed by atoms with Gasteiger partial charge in [-0.1, -0.05) is 129 Å². The Kier molecular flexibility index (Phi) is 22.3. The van der Waals surface area contributed by atoms with Crippen LogP contribution < -0.4 is 0 Å². The number of unbranched alkanes of at least 4 members (excludes halogenated alkanes) is 19. The highest BCUT2D eigenvalue weighted by atomic mass is 16.5. The van der Waals surface area contributed by atoms with Crippen LogP contribution >= 0.6 is 0 Å². The SMILES string of the molecule is CCCCCCCCCCCCCCCCCCCCCCOC(=O)[C@@H](C)O. The molecule has 0 radical (unpaired) electrons. The van der Waals surface area contributed by atoms with Crippen LogP contribution in [0.4, 0.5) is 0 Å². The molecule has 0 bridgehead atoms. The number of hydrogen-bond acceptors (Lipinski definition) is 3. The maximum atomic E-state index is 11.1. The van der Waals surface area contributed by atoms with E-state index in [9.17, 15) is 4.79 Å². The number of aliphatic hydroxyl groups excluding tert-OH is 1. The summed E-state index contributed by atoms with van der Waals surface area (Å²) in [6, 6.07) is 0. The average Bonchev–Trinajstić information content (AvgIpc) is 2.68. The van der Waals surface area contributed by atoms with E-state index in [4.69, 9.17) is 9.84 Å². The van der Waals surface area contributed by atoms with Crippen molar-refractivity contribution in [1.29, 1.82) is 0 Å². The Morgan fingerprint density at radius 3 is 1.18 bits per heavy atom. The molecule has 1 atom stereocenters. The normalized spacial score (nSPS) is 12.2. The highest BCUT2D eigenvalue weighted by Crippen LogP contribution is 2.14. The van der Waals surface area contributed by atoms with Crippen LogP contribution in [0.25, 0.3) is 0 Å². The first-order chi connectivity index (χ1) is 13.7. The minimum Gasteiger partial charge on any atom is -0.464 e. The van der Waals surface area contributed by atoms with Gasteiger partial charge in [-0.3, -0.25) is 0 Å². The third-order valence-corrected chi connectivity index (χ3v) is 5.58. The summed E-state index contributed by atoms with van der Waals surface area (Å²) >= 11 is 0. The van der Waals surface area contributed by atoms with Crippen molar-refractivity contribution in [3.8, 4) is 0 Å². The van der Waals surface area contributed by atoms with Gasteiger partial charge in [0.05, 0.1) is 6.61 Å². The lowest BCUT2D eigenvalue weighted by Crippen LogP contribution is -2.19. The number of ether oxygens (including phenoxy) is 1. The molecule has 0 unspecified atom stereocenters. The van der Waals surface area contributed by atoms with E-state index < -0.39 is 12.1 Å². The monoisotopic (exact) mass is 398 g/mol. The van der Waals surface area contributed by atoms with E-state index in [0.29, 0.717) is 6.61 Å². The third kappa shape index (κ3) is 21.7. The van der Waals surface area contributed by atoms with Crippen LogP contribution in [0.3, 0.4) is 0 Å². The summed E-state index contributed by atoms with van der Waals surface area (Å²) in [5.74, 6) is -0.502. The van der Waals surface area contributed by atoms with Crippen LogP contribution in [0.5, 0.6) is 0 Å². The summed E-state index contributed by atoms with van der Waals surface area (Å²) < 4.78 is 4.95. The van der Waals surface area contributed by atoms with Crippen LogP contribution in [0.15, 0.2) is 0 Å². The largest absolute Gasteiger partial charge is 0.464 e. The Morgan fingerprint density at radius 2 is 0.893 bits per heavy atom. The van der Waals surface area contributed by atoms with E-state index in [1.807, 2.05) is 0 Å². The van der Waals surface area contributed by atoms with Gasteiger partial charge in [-0.25, -0.2) is 4.79 Å². The van der Waals surface area contributed by atoms with Gasteiger partial charge in [-0.05, 0) is 13.3 Å². The summed E-state index contributed by atoms with van der Waals surface area (Å²) in [5, 5.41) is 9.01. The van der Waals surface area contributed by atoms with E-state index in [1.165, 1.54) is 122 Å². The summed E-state index contributed by atoms with van der Waals surface area (Å²) in [7, 11) is 0. The molecule has 0 aliphatic heterocycles. The Labute approximate surface area is 176 Å². The molecule has 168 valence electrons. The van der Waals surface area contributed by atoms with Crippen LogP contribution in [-0.4, -0.2) is 23.8 Å². The van der Waals surface area contributed by atoms with Gasteiger partial charge in [0, 0.05) is 0 Å². The quantitative estimate of drug-likeness (QED) is 0.150. The summed E-state index contributed by atoms with van der Waals surface area (Å²) in [6.07, 6.45) is 26.3. The maximum Gasteiger partial charge on any atom is 0.334 e. The molecular formula is C25H50O3. The van der Waals surface area contributed by atoms with E-state index in [1.54, 1.807) is 0 Å². The standard InChI is InChI=1S/C25H50O3/c1-3-4-5-6-7-8-9-10-11-12-13-14-15-16-17-18-19-20-21-22-23-28-25(27)24(2)26/h24,26H,3-23H2,1-2H3/t24-/m1/s1. The van der Waals surface area contributed by atoms with Crippen LogP contribution in [0.2, 0.25) is 0 Å². The van der Waals surface area contributed by atoms with Gasteiger partial charge in [-0.15, -0.1) is 0 Å². The minimum absolute atomic E-state index is 0.447. The van der Waals surface area contributed by atoms with Gasteiger partial charge in [0.1, 0.15) is 6.10 Å². The predicted molar refractivity (Wildman–Crippen MR) is 121 cm³/mol. The number of carbonyl (C=O) groups excluding carboxylic acids is 1. The first-order valence-corrected chi connectivity index (χ1v) is 12.5. The van der Waals surface area contributed by atoms with E-state index in [0.717, 1.165) is 12.8 Å². The molecule has 0 aromatic rings. The van der Waals surface area contributed by atoms with Gasteiger partial charge in [0.15, 0.2) is 0 Å². The van der Waals surface area contributed by atoms with Crippen molar-refractivity contribution < 1.29 is 14.6 Å². The zero-order chi connectivity index (χ0) is 20.7. The van der Waals surface area contributed by atoms with Crippen molar-refractivity contribution in [1.82, 2.24) is 0 Å². The number of aliphatic hydroxyl groups is 1. The molecule has 28 heavy (non-hydrogen) atoms. The third-order valence-electron chi connectivity index (χ3n) is 5.58. The van der Waals surface area contributed by atoms with Crippen molar-refractivity contribution in [2.24, 2.45) is 0 Å². The van der Waals surface area contributed by atoms with E-state index in [-0.39, 0.29) is 0 Å². The molecule has 0 saturated heterocycles. The average molecular weight is 399 g/mol. The second kappa shape index (κ2) is 22.7. The molecule has 1 N–H and O–H groups in total. The maximum absolute atomic E-state index is 11.1. The second-order valence-corrected chi connectivity index (χ2v) is 8.56. The molecule has 0 aromatic heterocycles. The molecule has 3 nitrogen and oxygen atoms in total. The zero-order valence-electron chi connectivity index (χ0n) is 19.2. The Hall–Kier alpha value is -0.570. The first kappa shape index (κ1) is 27.4. The molecule has 0 heterocycles. The number of rotatable bonds is 22. The first-order valence-electron chi connectivity index (χ1n) is 12.5. The summed E-state index contributed by atoms with van der Waals surface area (Å²) in [4.78, 5) is 11.1. The van der Waals surface area contributed by atoms with Crippen LogP contribution in [0, 0.1) is 0 Å². The molecule has 0 spiro atoms. The zero-order valence-corrected chi connectivity index (χ0v) is 19.2. The minimum atomic E-state index is -0.995. The van der Waals surface area contributed by atoms with Crippen molar-refractivity contribution >= 4 is 5.97 Å². The number of esters is 1. The Bertz CT molecular complexity index is 315. The van der Waals surface area contributed by atoms with Gasteiger partial charge in [0.25, 0.3) is 0 Å². The van der Waals surface area contributed by atoms with Gasteiger partial charge in [-0.2, -0.15) is 0 Å². The molecule has 0 fully saturated rings. The van der Waals surface area contributed by atoms with Crippen LogP contribution in [0.1, 0.15) is 142 Å². The molecule has 0 amide bonds. The predicted octanol–water partition coefficient (Wildman–Crippen LogP) is 7.73. The number of hydrogen-bond donors (Lipinski definition) is 1. The van der Waals surface area contributed by atoms with Gasteiger partial charge < -0.3 is 9.84 Å². The van der Waals surface area contributed by atoms with Crippen molar-refractivity contribution in [3.63, 3.8) is 0 Å². The molecule has 0 saturated carbocycles. The molecule has 0 aliphatic rings. The number of carbonyl (C=O) groups is 1. The van der Waals surface area contributed by atoms with Crippen molar-refractivity contribution in [3.05, 3.63) is 0 Å². The summed E-state index contributed by atoms with van der Waals surface area (Å²) in [5.41, 5.74) is 0. The lowest BCUT2D eigenvalue weighted by atomic mass is 10.0. The van der Waals surface area contributed by atoms with Crippen molar-refractivity contribution in [2.45, 2.75) is 148 Å². The van der Waals surface area contributed by atoms with E-state index >= 15 is 0 Å². The molecular weight excluding hydrogens is 348 g/mol. The van der Waals surface area contributed by atoms with Gasteiger partial charge >= 0.3 is 5.97 Å². The highest BCUT2D eigenvalue weighted by Gasteiger charge is 2.08. The second-order valence-electron chi connectivity index (χ2n) is 8.56. The highest BCUT2D eigenvalue weighted by molar-refractivity contribution is 5.73. The van der Waals surface area contributed by atoms with Gasteiger partial charge in [0.2, 0.25) is 0 Å². The molecule has 3 heteroatoms. The molecule has 0 aliphatic carbocycles. The Balaban J connectivity index is 3.04. The summed E-state index contributed by atoms with van der Waals surface area (Å²) in [6.45, 7) is 4.18.